The zero-order valence-corrected chi connectivity index (χ0v) is 14.7. The van der Waals surface area contributed by atoms with Crippen LogP contribution in [0.1, 0.15) is 32.7 Å². The van der Waals surface area contributed by atoms with Gasteiger partial charge in [0.1, 0.15) is 11.5 Å². The number of hydrogen-bond acceptors (Lipinski definition) is 5. The molecule has 0 aromatic heterocycles. The fraction of sp³-hybridized carbons (Fsp3) is 0.250. The molecule has 0 N–H and O–H groups in total. The highest BCUT2D eigenvalue weighted by Gasteiger charge is 2.24. The monoisotopic (exact) mass is 353 g/mol. The molecular formula is C20H19NO5. The molecule has 0 saturated heterocycles. The van der Waals surface area contributed by atoms with Crippen molar-refractivity contribution < 1.29 is 23.9 Å². The van der Waals surface area contributed by atoms with Gasteiger partial charge >= 0.3 is 5.97 Å². The van der Waals surface area contributed by atoms with Gasteiger partial charge in [-0.2, -0.15) is 0 Å². The average molecular weight is 353 g/mol. The number of esters is 1. The van der Waals surface area contributed by atoms with E-state index in [1.165, 1.54) is 11.0 Å². The summed E-state index contributed by atoms with van der Waals surface area (Å²) in [5.74, 6) is 0.166. The van der Waals surface area contributed by atoms with E-state index < -0.39 is 5.97 Å². The molecule has 0 unspecified atom stereocenters. The van der Waals surface area contributed by atoms with Gasteiger partial charge in [-0.25, -0.2) is 4.79 Å². The van der Waals surface area contributed by atoms with Crippen LogP contribution in [0.3, 0.4) is 0 Å². The van der Waals surface area contributed by atoms with Crippen molar-refractivity contribution in [2.75, 3.05) is 20.7 Å². The van der Waals surface area contributed by atoms with Gasteiger partial charge in [0.15, 0.2) is 12.4 Å². The fourth-order valence-electron chi connectivity index (χ4n) is 2.70. The topological polar surface area (TPSA) is 72.9 Å². The normalized spacial score (nSPS) is 12.5. The van der Waals surface area contributed by atoms with Crippen molar-refractivity contribution in [3.05, 3.63) is 59.2 Å². The molecule has 134 valence electrons. The third-order valence-corrected chi connectivity index (χ3v) is 4.17. The maximum absolute atomic E-state index is 12.5. The van der Waals surface area contributed by atoms with E-state index in [1.54, 1.807) is 50.5 Å². The Labute approximate surface area is 151 Å². The summed E-state index contributed by atoms with van der Waals surface area (Å²) in [5.41, 5.74) is 1.70. The summed E-state index contributed by atoms with van der Waals surface area (Å²) in [5, 5.41) is 0. The van der Waals surface area contributed by atoms with Crippen LogP contribution in [0.15, 0.2) is 42.5 Å². The Hall–Kier alpha value is -3.15. The van der Waals surface area contributed by atoms with Gasteiger partial charge in [-0.3, -0.25) is 9.59 Å². The van der Waals surface area contributed by atoms with Gasteiger partial charge in [0.25, 0.3) is 5.91 Å². The zero-order chi connectivity index (χ0) is 18.7. The summed E-state index contributed by atoms with van der Waals surface area (Å²) in [6.07, 6.45) is 1.01. The molecule has 6 heteroatoms. The number of fused-ring (bicyclic) bond motifs is 1. The van der Waals surface area contributed by atoms with Gasteiger partial charge in [-0.1, -0.05) is 18.2 Å². The number of likely N-dealkylation sites (N-methyl/N-ethyl adjacent to an activating group) is 1. The highest BCUT2D eigenvalue weighted by atomic mass is 16.5. The van der Waals surface area contributed by atoms with Crippen LogP contribution in [0.5, 0.6) is 11.5 Å². The first-order valence-corrected chi connectivity index (χ1v) is 8.26. The summed E-state index contributed by atoms with van der Waals surface area (Å²) in [6, 6.07) is 11.6. The lowest BCUT2D eigenvalue weighted by Gasteiger charge is -2.12. The number of carbonyl (C=O) groups excluding carboxylic acids is 3. The Kier molecular flexibility index (Phi) is 5.02. The van der Waals surface area contributed by atoms with Crippen molar-refractivity contribution in [2.45, 2.75) is 12.8 Å². The molecule has 0 saturated carbocycles. The Bertz CT molecular complexity index is 872. The summed E-state index contributed by atoms with van der Waals surface area (Å²) in [6.45, 7) is -0.111. The first kappa shape index (κ1) is 17.7. The van der Waals surface area contributed by atoms with Crippen molar-refractivity contribution in [3.8, 4) is 11.5 Å². The summed E-state index contributed by atoms with van der Waals surface area (Å²) < 4.78 is 10.9. The number of rotatable bonds is 5. The largest absolute Gasteiger partial charge is 0.484 e. The first-order valence-electron chi connectivity index (χ1n) is 8.26. The SMILES string of the molecule is CN(C)C(=O)COc1cccc(C(=O)Oc2cccc3c2CCC3=O)c1. The van der Waals surface area contributed by atoms with Crippen molar-refractivity contribution >= 4 is 17.7 Å². The minimum atomic E-state index is -0.540. The maximum atomic E-state index is 12.5. The first-order chi connectivity index (χ1) is 12.5. The molecule has 0 fully saturated rings. The van der Waals surface area contributed by atoms with Crippen LogP contribution < -0.4 is 9.47 Å². The van der Waals surface area contributed by atoms with Crippen molar-refractivity contribution in [1.82, 2.24) is 4.90 Å². The number of ether oxygens (including phenoxy) is 2. The van der Waals surface area contributed by atoms with E-state index in [0.717, 1.165) is 5.56 Å². The molecule has 26 heavy (non-hydrogen) atoms. The van der Waals surface area contributed by atoms with Crippen molar-refractivity contribution in [1.29, 1.82) is 0 Å². The van der Waals surface area contributed by atoms with E-state index in [-0.39, 0.29) is 18.3 Å². The molecule has 1 aliphatic carbocycles. The number of ketones is 1. The second-order valence-corrected chi connectivity index (χ2v) is 6.20. The summed E-state index contributed by atoms with van der Waals surface area (Å²) in [4.78, 5) is 37.3. The zero-order valence-electron chi connectivity index (χ0n) is 14.7. The standard InChI is InChI=1S/C20H19NO5/c1-21(2)19(23)12-25-14-6-3-5-13(11-14)20(24)26-18-8-4-7-15-16(18)9-10-17(15)22/h3-8,11H,9-10,12H2,1-2H3. The van der Waals surface area contributed by atoms with Gasteiger partial charge in [-0.05, 0) is 30.7 Å². The third kappa shape index (κ3) is 3.74. The van der Waals surface area contributed by atoms with Crippen LogP contribution >= 0.6 is 0 Å². The number of benzene rings is 2. The number of hydrogen-bond donors (Lipinski definition) is 0. The summed E-state index contributed by atoms with van der Waals surface area (Å²) >= 11 is 0. The Morgan fingerprint density at radius 1 is 1.08 bits per heavy atom. The average Bonchev–Trinajstić information content (AvgIpc) is 3.02. The highest BCUT2D eigenvalue weighted by molar-refractivity contribution is 6.01. The van der Waals surface area contributed by atoms with E-state index >= 15 is 0 Å². The fourth-order valence-corrected chi connectivity index (χ4v) is 2.70. The van der Waals surface area contributed by atoms with E-state index in [0.29, 0.717) is 35.5 Å². The molecule has 3 rings (SSSR count). The number of Topliss-reactive ketones (excluding diaryl/α,β-unsaturated/α-hetero) is 1. The van der Waals surface area contributed by atoms with Gasteiger partial charge in [-0.15, -0.1) is 0 Å². The molecule has 0 aliphatic heterocycles. The third-order valence-electron chi connectivity index (χ3n) is 4.17. The molecular weight excluding hydrogens is 334 g/mol. The Morgan fingerprint density at radius 3 is 2.62 bits per heavy atom. The smallest absolute Gasteiger partial charge is 0.343 e. The molecule has 2 aromatic carbocycles. The molecule has 0 radical (unpaired) electrons. The molecule has 0 bridgehead atoms. The van der Waals surface area contributed by atoms with Crippen molar-refractivity contribution in [3.63, 3.8) is 0 Å². The van der Waals surface area contributed by atoms with Crippen LogP contribution in [-0.2, 0) is 11.2 Å². The highest BCUT2D eigenvalue weighted by Crippen LogP contribution is 2.31. The van der Waals surface area contributed by atoms with Crippen LogP contribution in [0.25, 0.3) is 0 Å². The molecule has 0 spiro atoms. The molecule has 2 aromatic rings. The van der Waals surface area contributed by atoms with E-state index in [9.17, 15) is 14.4 Å². The molecule has 1 aliphatic rings. The van der Waals surface area contributed by atoms with Crippen LogP contribution in [0, 0.1) is 0 Å². The van der Waals surface area contributed by atoms with Gasteiger partial charge in [0.2, 0.25) is 0 Å². The quantitative estimate of drug-likeness (QED) is 0.610. The minimum Gasteiger partial charge on any atom is -0.484 e. The Morgan fingerprint density at radius 2 is 1.85 bits per heavy atom. The number of amides is 1. The van der Waals surface area contributed by atoms with Gasteiger partial charge < -0.3 is 14.4 Å². The van der Waals surface area contributed by atoms with Crippen molar-refractivity contribution in [2.24, 2.45) is 0 Å². The second-order valence-electron chi connectivity index (χ2n) is 6.20. The van der Waals surface area contributed by atoms with Crippen LogP contribution in [-0.4, -0.2) is 43.3 Å². The van der Waals surface area contributed by atoms with E-state index in [1.807, 2.05) is 0 Å². The maximum Gasteiger partial charge on any atom is 0.343 e. The Balaban J connectivity index is 1.72. The molecule has 1 amide bonds. The number of carbonyl (C=O) groups is 3. The lowest BCUT2D eigenvalue weighted by Crippen LogP contribution is -2.27. The van der Waals surface area contributed by atoms with Crippen LogP contribution in [0.4, 0.5) is 0 Å². The molecule has 0 atom stereocenters. The minimum absolute atomic E-state index is 0.0684. The second kappa shape index (κ2) is 7.39. The van der Waals surface area contributed by atoms with E-state index in [4.69, 9.17) is 9.47 Å². The predicted molar refractivity (Wildman–Crippen MR) is 94.7 cm³/mol. The van der Waals surface area contributed by atoms with E-state index in [2.05, 4.69) is 0 Å². The molecule has 0 heterocycles. The van der Waals surface area contributed by atoms with Crippen LogP contribution in [0.2, 0.25) is 0 Å². The number of nitrogens with zero attached hydrogens (tertiary/aromatic N) is 1. The molecule has 6 nitrogen and oxygen atoms in total. The lowest BCUT2D eigenvalue weighted by molar-refractivity contribution is -0.130. The predicted octanol–water partition coefficient (Wildman–Crippen LogP) is 2.50. The van der Waals surface area contributed by atoms with Gasteiger partial charge in [0, 0.05) is 31.6 Å². The lowest BCUT2D eigenvalue weighted by atomic mass is 10.1. The van der Waals surface area contributed by atoms with Gasteiger partial charge in [0.05, 0.1) is 5.56 Å². The summed E-state index contributed by atoms with van der Waals surface area (Å²) in [7, 11) is 3.28.